The van der Waals surface area contributed by atoms with Crippen LogP contribution in [-0.4, -0.2) is 31.4 Å². The third-order valence-corrected chi connectivity index (χ3v) is 4.28. The summed E-state index contributed by atoms with van der Waals surface area (Å²) in [6.07, 6.45) is -1.02. The summed E-state index contributed by atoms with van der Waals surface area (Å²) in [5, 5.41) is 10.8. The molecule has 1 atom stereocenters. The van der Waals surface area contributed by atoms with Gasteiger partial charge in [-0.15, -0.1) is 0 Å². The zero-order valence-electron chi connectivity index (χ0n) is 13.3. The number of benzene rings is 2. The number of aliphatic hydroxyl groups excluding tert-OH is 1. The molecule has 5 heteroatoms. The van der Waals surface area contributed by atoms with Crippen LogP contribution in [0.4, 0.5) is 0 Å². The van der Waals surface area contributed by atoms with Gasteiger partial charge in [0.25, 0.3) is 0 Å². The van der Waals surface area contributed by atoms with E-state index in [1.54, 1.807) is 36.4 Å². The van der Waals surface area contributed by atoms with Crippen LogP contribution in [0.15, 0.2) is 69.8 Å². The standard InChI is InChI=1S/C19H19IO4/c1-23-13-24-12-16(20)17(18(21)14-8-4-2-5-9-14)19(22)15-10-6-3-7-11-15/h2-11,18,21H,12-13H2,1H3/b17-16-. The maximum absolute atomic E-state index is 12.9. The highest BCUT2D eigenvalue weighted by Crippen LogP contribution is 2.30. The van der Waals surface area contributed by atoms with E-state index in [0.717, 1.165) is 0 Å². The van der Waals surface area contributed by atoms with Crippen molar-refractivity contribution in [1.82, 2.24) is 0 Å². The lowest BCUT2D eigenvalue weighted by molar-refractivity contribution is -0.0194. The predicted molar refractivity (Wildman–Crippen MR) is 101 cm³/mol. The average molecular weight is 438 g/mol. The second kappa shape index (κ2) is 9.68. The number of hydrogen-bond acceptors (Lipinski definition) is 4. The lowest BCUT2D eigenvalue weighted by Gasteiger charge is -2.17. The van der Waals surface area contributed by atoms with E-state index < -0.39 is 6.10 Å². The summed E-state index contributed by atoms with van der Waals surface area (Å²) >= 11 is 2.05. The normalized spacial score (nSPS) is 13.3. The first kappa shape index (κ1) is 18.8. The Bertz CT molecular complexity index is 683. The van der Waals surface area contributed by atoms with Gasteiger partial charge in [0.15, 0.2) is 5.78 Å². The highest BCUT2D eigenvalue weighted by molar-refractivity contribution is 14.1. The van der Waals surface area contributed by atoms with E-state index in [1.807, 2.05) is 46.9 Å². The summed E-state index contributed by atoms with van der Waals surface area (Å²) in [6, 6.07) is 18.0. The topological polar surface area (TPSA) is 55.8 Å². The molecule has 0 radical (unpaired) electrons. The van der Waals surface area contributed by atoms with Crippen molar-refractivity contribution in [2.45, 2.75) is 6.10 Å². The fourth-order valence-electron chi connectivity index (χ4n) is 2.24. The smallest absolute Gasteiger partial charge is 0.192 e. The largest absolute Gasteiger partial charge is 0.383 e. The highest BCUT2D eigenvalue weighted by Gasteiger charge is 2.24. The van der Waals surface area contributed by atoms with Crippen molar-refractivity contribution in [3.63, 3.8) is 0 Å². The van der Waals surface area contributed by atoms with Gasteiger partial charge in [-0.05, 0) is 28.2 Å². The average Bonchev–Trinajstić information content (AvgIpc) is 2.63. The number of aliphatic hydroxyl groups is 1. The molecule has 0 amide bonds. The van der Waals surface area contributed by atoms with Crippen LogP contribution in [0.2, 0.25) is 0 Å². The van der Waals surface area contributed by atoms with Crippen molar-refractivity contribution in [3.8, 4) is 0 Å². The summed E-state index contributed by atoms with van der Waals surface area (Å²) in [6.45, 7) is 0.326. The molecule has 0 heterocycles. The fraction of sp³-hybridized carbons (Fsp3) is 0.211. The van der Waals surface area contributed by atoms with Gasteiger partial charge in [0, 0.05) is 21.8 Å². The van der Waals surface area contributed by atoms with Gasteiger partial charge < -0.3 is 14.6 Å². The van der Waals surface area contributed by atoms with Crippen molar-refractivity contribution in [1.29, 1.82) is 0 Å². The van der Waals surface area contributed by atoms with Crippen LogP contribution in [0.3, 0.4) is 0 Å². The van der Waals surface area contributed by atoms with Gasteiger partial charge in [0.1, 0.15) is 12.9 Å². The molecule has 0 saturated heterocycles. The molecule has 0 fully saturated rings. The monoisotopic (exact) mass is 438 g/mol. The molecule has 0 saturated carbocycles. The molecular formula is C19H19IO4. The summed E-state index contributed by atoms with van der Waals surface area (Å²) < 4.78 is 10.9. The van der Waals surface area contributed by atoms with E-state index in [9.17, 15) is 9.90 Å². The first-order chi connectivity index (χ1) is 11.6. The van der Waals surface area contributed by atoms with E-state index in [2.05, 4.69) is 0 Å². The Labute approximate surface area is 155 Å². The van der Waals surface area contributed by atoms with Crippen LogP contribution in [0.1, 0.15) is 22.0 Å². The molecule has 2 aromatic carbocycles. The van der Waals surface area contributed by atoms with Gasteiger partial charge in [0.2, 0.25) is 0 Å². The third-order valence-electron chi connectivity index (χ3n) is 3.39. The number of hydrogen-bond donors (Lipinski definition) is 1. The van der Waals surface area contributed by atoms with Gasteiger partial charge >= 0.3 is 0 Å². The van der Waals surface area contributed by atoms with Gasteiger partial charge in [-0.1, -0.05) is 60.7 Å². The minimum Gasteiger partial charge on any atom is -0.383 e. The second-order valence-electron chi connectivity index (χ2n) is 5.08. The molecule has 0 aliphatic carbocycles. The first-order valence-electron chi connectivity index (χ1n) is 7.43. The molecule has 0 aliphatic heterocycles. The second-order valence-corrected chi connectivity index (χ2v) is 6.38. The van der Waals surface area contributed by atoms with Crippen LogP contribution in [0.25, 0.3) is 0 Å². The SMILES string of the molecule is COCOC/C(I)=C(/C(=O)c1ccccc1)C(O)c1ccccc1. The van der Waals surface area contributed by atoms with E-state index >= 15 is 0 Å². The Morgan fingerprint density at radius 1 is 1.08 bits per heavy atom. The highest BCUT2D eigenvalue weighted by atomic mass is 127. The number of ether oxygens (including phenoxy) is 2. The molecule has 2 rings (SSSR count). The van der Waals surface area contributed by atoms with Crippen LogP contribution in [0, 0.1) is 0 Å². The number of halogens is 1. The number of carbonyl (C=O) groups is 1. The Kier molecular flexibility index (Phi) is 7.58. The third kappa shape index (κ3) is 4.98. The van der Waals surface area contributed by atoms with Crippen LogP contribution in [0.5, 0.6) is 0 Å². The van der Waals surface area contributed by atoms with E-state index in [-0.39, 0.29) is 19.2 Å². The fourth-order valence-corrected chi connectivity index (χ4v) is 3.00. The van der Waals surface area contributed by atoms with Crippen molar-refractivity contribution in [3.05, 3.63) is 80.9 Å². The predicted octanol–water partition coefficient (Wildman–Crippen LogP) is 3.91. The maximum atomic E-state index is 12.9. The quantitative estimate of drug-likeness (QED) is 0.223. The molecule has 1 N–H and O–H groups in total. The minimum absolute atomic E-state index is 0.126. The Morgan fingerprint density at radius 2 is 1.67 bits per heavy atom. The van der Waals surface area contributed by atoms with Gasteiger partial charge in [-0.2, -0.15) is 0 Å². The zero-order chi connectivity index (χ0) is 17.4. The van der Waals surface area contributed by atoms with Crippen molar-refractivity contribution < 1.29 is 19.4 Å². The van der Waals surface area contributed by atoms with E-state index in [1.165, 1.54) is 7.11 Å². The molecule has 126 valence electrons. The molecule has 2 aromatic rings. The molecule has 0 aliphatic rings. The lowest BCUT2D eigenvalue weighted by atomic mass is 9.94. The van der Waals surface area contributed by atoms with Gasteiger partial charge in [-0.3, -0.25) is 4.79 Å². The number of methoxy groups -OCH3 is 1. The lowest BCUT2D eigenvalue weighted by Crippen LogP contribution is -2.15. The summed E-state index contributed by atoms with van der Waals surface area (Å²) in [7, 11) is 1.53. The summed E-state index contributed by atoms with van der Waals surface area (Å²) in [5.74, 6) is -0.211. The number of carbonyl (C=O) groups excluding carboxylic acids is 1. The summed E-state index contributed by atoms with van der Waals surface area (Å²) in [4.78, 5) is 12.9. The van der Waals surface area contributed by atoms with Crippen LogP contribution >= 0.6 is 22.6 Å². The molecular weight excluding hydrogens is 419 g/mol. The Balaban J connectivity index is 2.37. The van der Waals surface area contributed by atoms with Crippen LogP contribution < -0.4 is 0 Å². The Hall–Kier alpha value is -1.54. The molecule has 1 unspecified atom stereocenters. The number of rotatable bonds is 8. The zero-order valence-corrected chi connectivity index (χ0v) is 15.5. The van der Waals surface area contributed by atoms with Crippen LogP contribution in [-0.2, 0) is 9.47 Å². The van der Waals surface area contributed by atoms with Gasteiger partial charge in [-0.25, -0.2) is 0 Å². The first-order valence-corrected chi connectivity index (χ1v) is 8.51. The molecule has 0 spiro atoms. The van der Waals surface area contributed by atoms with Crippen molar-refractivity contribution in [2.24, 2.45) is 0 Å². The van der Waals surface area contributed by atoms with Gasteiger partial charge in [0.05, 0.1) is 6.61 Å². The van der Waals surface area contributed by atoms with E-state index in [4.69, 9.17) is 9.47 Å². The molecule has 24 heavy (non-hydrogen) atoms. The Morgan fingerprint density at radius 3 is 2.25 bits per heavy atom. The van der Waals surface area contributed by atoms with Crippen molar-refractivity contribution >= 4 is 28.4 Å². The minimum atomic E-state index is -1.02. The number of Topliss-reactive ketones (excluding diaryl/α,β-unsaturated/α-hetero) is 1. The van der Waals surface area contributed by atoms with E-state index in [0.29, 0.717) is 20.3 Å². The molecule has 4 nitrogen and oxygen atoms in total. The maximum Gasteiger partial charge on any atom is 0.192 e. The number of ketones is 1. The molecule has 0 aromatic heterocycles. The molecule has 0 bridgehead atoms. The summed E-state index contributed by atoms with van der Waals surface area (Å²) in [5.41, 5.74) is 1.52. The van der Waals surface area contributed by atoms with Crippen molar-refractivity contribution in [2.75, 3.05) is 20.5 Å².